The molecule has 0 aromatic heterocycles. The average molecular weight is 181 g/mol. The van der Waals surface area contributed by atoms with Gasteiger partial charge < -0.3 is 9.83 Å². The van der Waals surface area contributed by atoms with Crippen LogP contribution in [0.4, 0.5) is 0 Å². The Bertz CT molecular complexity index is 286. The second-order valence-corrected chi connectivity index (χ2v) is 3.56. The Kier molecular flexibility index (Phi) is 2.89. The molecular formula is C9H15NOSi. The van der Waals surface area contributed by atoms with E-state index < -0.39 is 9.92 Å². The van der Waals surface area contributed by atoms with Crippen LogP contribution in [0.25, 0.3) is 0 Å². The topological polar surface area (TPSA) is 35.2 Å². The minimum absolute atomic E-state index is 0.834. The van der Waals surface area contributed by atoms with Gasteiger partial charge in [0.1, 0.15) is 5.75 Å². The highest BCUT2D eigenvalue weighted by Crippen LogP contribution is 2.22. The first kappa shape index (κ1) is 9.29. The van der Waals surface area contributed by atoms with E-state index in [0.29, 0.717) is 0 Å². The molecule has 0 saturated carbocycles. The summed E-state index contributed by atoms with van der Waals surface area (Å²) in [6, 6.07) is 4.07. The summed E-state index contributed by atoms with van der Waals surface area (Å²) in [7, 11) is -0.834. The van der Waals surface area contributed by atoms with E-state index >= 15 is 0 Å². The van der Waals surface area contributed by atoms with Gasteiger partial charge in [0.15, 0.2) is 0 Å². The minimum Gasteiger partial charge on any atom is -0.535 e. The van der Waals surface area contributed by atoms with Crippen molar-refractivity contribution in [2.75, 3.05) is 0 Å². The summed E-state index contributed by atoms with van der Waals surface area (Å²) in [6.07, 6.45) is 0. The molecule has 0 fully saturated rings. The number of benzene rings is 1. The van der Waals surface area contributed by atoms with Gasteiger partial charge in [0.05, 0.1) is 0 Å². The van der Waals surface area contributed by atoms with Crippen LogP contribution in [0.2, 0.25) is 0 Å². The molecule has 1 aromatic carbocycles. The zero-order valence-corrected chi connectivity index (χ0v) is 9.26. The van der Waals surface area contributed by atoms with Gasteiger partial charge in [-0.15, -0.1) is 0 Å². The Hall–Kier alpha value is -0.803. The van der Waals surface area contributed by atoms with Gasteiger partial charge in [0.2, 0.25) is 0 Å². The molecule has 12 heavy (non-hydrogen) atoms. The Balaban J connectivity index is 3.08. The second kappa shape index (κ2) is 3.73. The second-order valence-electron chi connectivity index (χ2n) is 2.94. The van der Waals surface area contributed by atoms with E-state index in [-0.39, 0.29) is 0 Å². The van der Waals surface area contributed by atoms with E-state index in [1.165, 1.54) is 16.7 Å². The van der Waals surface area contributed by atoms with Crippen molar-refractivity contribution in [3.63, 3.8) is 0 Å². The lowest BCUT2D eigenvalue weighted by molar-refractivity contribution is 0.588. The summed E-state index contributed by atoms with van der Waals surface area (Å²) >= 11 is 0. The Labute approximate surface area is 75.8 Å². The number of rotatable bonds is 2. The fourth-order valence-corrected chi connectivity index (χ4v) is 1.67. The quantitative estimate of drug-likeness (QED) is 0.689. The largest absolute Gasteiger partial charge is 0.535 e. The van der Waals surface area contributed by atoms with Crippen molar-refractivity contribution in [3.8, 4) is 5.75 Å². The number of hydrogen-bond donors (Lipinski definition) is 1. The lowest BCUT2D eigenvalue weighted by atomic mass is 10.0. The van der Waals surface area contributed by atoms with Crippen molar-refractivity contribution < 1.29 is 4.43 Å². The predicted molar refractivity (Wildman–Crippen MR) is 54.0 cm³/mol. The first-order valence-corrected chi connectivity index (χ1v) is 5.46. The molecule has 2 nitrogen and oxygen atoms in total. The number of hydrogen-bond acceptors (Lipinski definition) is 2. The van der Waals surface area contributed by atoms with E-state index in [0.717, 1.165) is 5.75 Å². The first-order chi connectivity index (χ1) is 5.66. The van der Waals surface area contributed by atoms with Gasteiger partial charge >= 0.3 is 0 Å². The molecule has 0 spiro atoms. The first-order valence-electron chi connectivity index (χ1n) is 4.06. The Morgan fingerprint density at radius 3 is 2.42 bits per heavy atom. The van der Waals surface area contributed by atoms with Gasteiger partial charge in [0, 0.05) is 0 Å². The maximum atomic E-state index is 5.43. The third-order valence-electron chi connectivity index (χ3n) is 2.25. The van der Waals surface area contributed by atoms with Gasteiger partial charge in [-0.2, -0.15) is 0 Å². The summed E-state index contributed by atoms with van der Waals surface area (Å²) in [4.78, 5) is 0. The van der Waals surface area contributed by atoms with Crippen molar-refractivity contribution in [3.05, 3.63) is 28.8 Å². The van der Waals surface area contributed by atoms with Crippen LogP contribution in [0.15, 0.2) is 12.1 Å². The molecule has 1 rings (SSSR count). The molecule has 0 amide bonds. The van der Waals surface area contributed by atoms with Crippen LogP contribution in [0.3, 0.4) is 0 Å². The lowest BCUT2D eigenvalue weighted by Crippen LogP contribution is -2.14. The third kappa shape index (κ3) is 1.68. The summed E-state index contributed by atoms with van der Waals surface area (Å²) in [5.74, 6) is 0.951. The molecule has 0 aliphatic rings. The average Bonchev–Trinajstić information content (AvgIpc) is 2.07. The summed E-state index contributed by atoms with van der Waals surface area (Å²) in [5.41, 5.74) is 3.82. The maximum Gasteiger partial charge on any atom is 0.294 e. The SMILES string of the molecule is Cc1ccc(O[SiH2]N)c(C)c1C. The van der Waals surface area contributed by atoms with Crippen LogP contribution in [0.1, 0.15) is 16.7 Å². The van der Waals surface area contributed by atoms with Gasteiger partial charge in [-0.25, -0.2) is 0 Å². The van der Waals surface area contributed by atoms with Crippen molar-refractivity contribution in [1.82, 2.24) is 0 Å². The predicted octanol–water partition coefficient (Wildman–Crippen LogP) is 0.948. The highest BCUT2D eigenvalue weighted by molar-refractivity contribution is 6.23. The zero-order valence-electron chi connectivity index (χ0n) is 7.85. The van der Waals surface area contributed by atoms with E-state index in [1.807, 2.05) is 6.07 Å². The standard InChI is InChI=1S/C9H15NOSi/c1-6-4-5-9(11-12-10)8(3)7(6)2/h4-5H,10,12H2,1-3H3. The van der Waals surface area contributed by atoms with E-state index in [4.69, 9.17) is 9.83 Å². The smallest absolute Gasteiger partial charge is 0.294 e. The number of nitrogens with two attached hydrogens (primary N) is 1. The van der Waals surface area contributed by atoms with Gasteiger partial charge in [-0.1, -0.05) is 6.07 Å². The molecule has 0 saturated heterocycles. The van der Waals surface area contributed by atoms with Crippen molar-refractivity contribution in [2.45, 2.75) is 20.8 Å². The van der Waals surface area contributed by atoms with E-state index in [2.05, 4.69) is 26.8 Å². The van der Waals surface area contributed by atoms with Crippen LogP contribution in [0.5, 0.6) is 5.75 Å². The summed E-state index contributed by atoms with van der Waals surface area (Å²) < 4.78 is 5.39. The lowest BCUT2D eigenvalue weighted by Gasteiger charge is -2.11. The molecule has 66 valence electrons. The summed E-state index contributed by atoms with van der Waals surface area (Å²) in [5, 5.41) is 5.43. The van der Waals surface area contributed by atoms with E-state index in [9.17, 15) is 0 Å². The molecule has 0 radical (unpaired) electrons. The molecule has 3 heteroatoms. The monoisotopic (exact) mass is 181 g/mol. The van der Waals surface area contributed by atoms with Gasteiger partial charge in [-0.3, -0.25) is 0 Å². The Morgan fingerprint density at radius 1 is 1.17 bits per heavy atom. The van der Waals surface area contributed by atoms with Crippen molar-refractivity contribution in [2.24, 2.45) is 5.40 Å². The fourth-order valence-electron chi connectivity index (χ4n) is 1.18. The molecule has 1 aromatic rings. The molecule has 0 heterocycles. The fraction of sp³-hybridized carbons (Fsp3) is 0.333. The van der Waals surface area contributed by atoms with Gasteiger partial charge in [0.25, 0.3) is 9.92 Å². The van der Waals surface area contributed by atoms with E-state index in [1.54, 1.807) is 0 Å². The molecule has 0 unspecified atom stereocenters. The maximum absolute atomic E-state index is 5.43. The minimum atomic E-state index is -0.834. The zero-order chi connectivity index (χ0) is 9.14. The summed E-state index contributed by atoms with van der Waals surface area (Å²) in [6.45, 7) is 6.28. The normalized spacial score (nSPS) is 11.0. The van der Waals surface area contributed by atoms with Crippen molar-refractivity contribution in [1.29, 1.82) is 0 Å². The van der Waals surface area contributed by atoms with Crippen molar-refractivity contribution >= 4 is 9.92 Å². The Morgan fingerprint density at radius 2 is 1.83 bits per heavy atom. The molecule has 0 atom stereocenters. The highest BCUT2D eigenvalue weighted by atomic mass is 28.2. The molecule has 0 bridgehead atoms. The van der Waals surface area contributed by atoms with Crippen LogP contribution in [-0.2, 0) is 0 Å². The van der Waals surface area contributed by atoms with Crippen LogP contribution >= 0.6 is 0 Å². The third-order valence-corrected chi connectivity index (χ3v) is 2.72. The molecular weight excluding hydrogens is 166 g/mol. The van der Waals surface area contributed by atoms with Crippen LogP contribution in [0, 0.1) is 20.8 Å². The highest BCUT2D eigenvalue weighted by Gasteiger charge is 2.02. The molecule has 0 aliphatic heterocycles. The molecule has 0 aliphatic carbocycles. The van der Waals surface area contributed by atoms with Crippen LogP contribution < -0.4 is 9.83 Å². The molecule has 2 N–H and O–H groups in total. The van der Waals surface area contributed by atoms with Gasteiger partial charge in [-0.05, 0) is 43.5 Å². The van der Waals surface area contributed by atoms with Crippen LogP contribution in [-0.4, -0.2) is 9.92 Å². The number of aryl methyl sites for hydroxylation is 1.